The van der Waals surface area contributed by atoms with Crippen LogP contribution in [0.25, 0.3) is 0 Å². The van der Waals surface area contributed by atoms with Gasteiger partial charge in [0, 0.05) is 17.5 Å². The summed E-state index contributed by atoms with van der Waals surface area (Å²) in [7, 11) is 0. The lowest BCUT2D eigenvalue weighted by molar-refractivity contribution is 0.0778. The third-order valence-corrected chi connectivity index (χ3v) is 3.27. The van der Waals surface area contributed by atoms with Crippen molar-refractivity contribution in [2.45, 2.75) is 6.42 Å². The number of carbonyl (C=O) groups excluding carboxylic acids is 1. The second-order valence-corrected chi connectivity index (χ2v) is 4.75. The SMILES string of the molecule is O=C(c1cccc(F)c1)N1CCC(c2cccc(F)c2)=N1. The first-order chi connectivity index (χ1) is 10.1. The van der Waals surface area contributed by atoms with Crippen LogP contribution < -0.4 is 0 Å². The molecule has 0 radical (unpaired) electrons. The van der Waals surface area contributed by atoms with Crippen LogP contribution in [0.3, 0.4) is 0 Å². The van der Waals surface area contributed by atoms with Crippen molar-refractivity contribution in [1.29, 1.82) is 0 Å². The van der Waals surface area contributed by atoms with Crippen molar-refractivity contribution in [3.05, 3.63) is 71.3 Å². The van der Waals surface area contributed by atoms with Gasteiger partial charge < -0.3 is 0 Å². The van der Waals surface area contributed by atoms with Crippen molar-refractivity contribution in [3.8, 4) is 0 Å². The lowest BCUT2D eigenvalue weighted by Crippen LogP contribution is -2.23. The number of nitrogens with zero attached hydrogens (tertiary/aromatic N) is 2. The van der Waals surface area contributed by atoms with E-state index in [1.54, 1.807) is 18.2 Å². The van der Waals surface area contributed by atoms with Crippen molar-refractivity contribution in [2.24, 2.45) is 5.10 Å². The zero-order valence-electron chi connectivity index (χ0n) is 11.1. The fourth-order valence-corrected chi connectivity index (χ4v) is 2.25. The van der Waals surface area contributed by atoms with Gasteiger partial charge >= 0.3 is 0 Å². The molecule has 0 aliphatic carbocycles. The monoisotopic (exact) mass is 286 g/mol. The molecular weight excluding hydrogens is 274 g/mol. The van der Waals surface area contributed by atoms with Crippen LogP contribution in [0.2, 0.25) is 0 Å². The van der Waals surface area contributed by atoms with Gasteiger partial charge in [0.05, 0.1) is 12.3 Å². The highest BCUT2D eigenvalue weighted by molar-refractivity contribution is 6.04. The normalized spacial score (nSPS) is 14.2. The Balaban J connectivity index is 1.84. The summed E-state index contributed by atoms with van der Waals surface area (Å²) in [6.07, 6.45) is 0.546. The Bertz CT molecular complexity index is 728. The van der Waals surface area contributed by atoms with Crippen molar-refractivity contribution < 1.29 is 13.6 Å². The molecule has 0 bridgehead atoms. The molecule has 3 nitrogen and oxygen atoms in total. The topological polar surface area (TPSA) is 32.7 Å². The van der Waals surface area contributed by atoms with Crippen molar-refractivity contribution in [3.63, 3.8) is 0 Å². The molecule has 1 amide bonds. The molecule has 0 atom stereocenters. The number of hydrogen-bond acceptors (Lipinski definition) is 2. The zero-order valence-corrected chi connectivity index (χ0v) is 11.1. The molecular formula is C16H12F2N2O. The Morgan fingerprint density at radius 1 is 1.05 bits per heavy atom. The van der Waals surface area contributed by atoms with Gasteiger partial charge in [0.1, 0.15) is 11.6 Å². The summed E-state index contributed by atoms with van der Waals surface area (Å²) in [6, 6.07) is 11.6. The molecule has 3 rings (SSSR count). The number of rotatable bonds is 2. The second kappa shape index (κ2) is 5.44. The zero-order chi connectivity index (χ0) is 14.8. The third kappa shape index (κ3) is 2.81. The van der Waals surface area contributed by atoms with Gasteiger partial charge in [-0.2, -0.15) is 5.10 Å². The maximum atomic E-state index is 13.2. The van der Waals surface area contributed by atoms with Gasteiger partial charge in [-0.15, -0.1) is 0 Å². The third-order valence-electron chi connectivity index (χ3n) is 3.27. The van der Waals surface area contributed by atoms with E-state index in [-0.39, 0.29) is 17.3 Å². The Labute approximate surface area is 120 Å². The van der Waals surface area contributed by atoms with Gasteiger partial charge in [0.2, 0.25) is 0 Å². The molecule has 0 fully saturated rings. The van der Waals surface area contributed by atoms with E-state index >= 15 is 0 Å². The highest BCUT2D eigenvalue weighted by Gasteiger charge is 2.23. The van der Waals surface area contributed by atoms with Gasteiger partial charge in [-0.1, -0.05) is 18.2 Å². The Morgan fingerprint density at radius 3 is 2.48 bits per heavy atom. The first kappa shape index (κ1) is 13.4. The second-order valence-electron chi connectivity index (χ2n) is 4.75. The molecule has 1 heterocycles. The quantitative estimate of drug-likeness (QED) is 0.834. The lowest BCUT2D eigenvalue weighted by atomic mass is 10.1. The smallest absolute Gasteiger partial charge is 0.267 e. The maximum Gasteiger partial charge on any atom is 0.274 e. The van der Waals surface area contributed by atoms with Crippen LogP contribution in [0.5, 0.6) is 0 Å². The molecule has 1 aliphatic heterocycles. The number of hydrazone groups is 1. The van der Waals surface area contributed by atoms with Gasteiger partial charge in [-0.3, -0.25) is 4.79 Å². The van der Waals surface area contributed by atoms with Gasteiger partial charge in [0.25, 0.3) is 5.91 Å². The van der Waals surface area contributed by atoms with E-state index in [0.29, 0.717) is 24.2 Å². The van der Waals surface area contributed by atoms with Crippen LogP contribution in [0.1, 0.15) is 22.3 Å². The molecule has 2 aromatic carbocycles. The van der Waals surface area contributed by atoms with E-state index in [9.17, 15) is 13.6 Å². The largest absolute Gasteiger partial charge is 0.274 e. The van der Waals surface area contributed by atoms with Crippen LogP contribution >= 0.6 is 0 Å². The van der Waals surface area contributed by atoms with Crippen LogP contribution in [0.15, 0.2) is 53.6 Å². The molecule has 0 spiro atoms. The molecule has 0 saturated carbocycles. The van der Waals surface area contributed by atoms with Crippen LogP contribution in [0, 0.1) is 11.6 Å². The fourth-order valence-electron chi connectivity index (χ4n) is 2.25. The summed E-state index contributed by atoms with van der Waals surface area (Å²) in [6.45, 7) is 0.404. The van der Waals surface area contributed by atoms with Crippen LogP contribution in [-0.2, 0) is 0 Å². The molecule has 5 heteroatoms. The van der Waals surface area contributed by atoms with Gasteiger partial charge in [-0.05, 0) is 30.3 Å². The van der Waals surface area contributed by atoms with Gasteiger partial charge in [-0.25, -0.2) is 13.8 Å². The predicted molar refractivity (Wildman–Crippen MR) is 75.0 cm³/mol. The molecule has 2 aromatic rings. The van der Waals surface area contributed by atoms with Gasteiger partial charge in [0.15, 0.2) is 0 Å². The molecule has 0 aromatic heterocycles. The molecule has 0 N–H and O–H groups in total. The van der Waals surface area contributed by atoms with Crippen molar-refractivity contribution in [1.82, 2.24) is 5.01 Å². The van der Waals surface area contributed by atoms with Crippen molar-refractivity contribution >= 4 is 11.6 Å². The summed E-state index contributed by atoms with van der Waals surface area (Å²) in [4.78, 5) is 12.2. The summed E-state index contributed by atoms with van der Waals surface area (Å²) < 4.78 is 26.4. The minimum Gasteiger partial charge on any atom is -0.267 e. The highest BCUT2D eigenvalue weighted by atomic mass is 19.1. The average Bonchev–Trinajstić information content (AvgIpc) is 2.96. The number of benzene rings is 2. The molecule has 1 aliphatic rings. The van der Waals surface area contributed by atoms with E-state index in [1.807, 2.05) is 0 Å². The first-order valence-electron chi connectivity index (χ1n) is 6.54. The average molecular weight is 286 g/mol. The standard InChI is InChI=1S/C16H12F2N2O/c17-13-5-1-3-11(9-13)15-7-8-20(19-15)16(21)12-4-2-6-14(18)10-12/h1-6,9-10H,7-8H2. The molecule has 106 valence electrons. The highest BCUT2D eigenvalue weighted by Crippen LogP contribution is 2.17. The number of hydrogen-bond donors (Lipinski definition) is 0. The molecule has 0 saturated heterocycles. The number of halogens is 2. The molecule has 21 heavy (non-hydrogen) atoms. The van der Waals surface area contributed by atoms with E-state index in [2.05, 4.69) is 5.10 Å². The minimum absolute atomic E-state index is 0.249. The Morgan fingerprint density at radius 2 is 1.76 bits per heavy atom. The van der Waals surface area contributed by atoms with E-state index in [4.69, 9.17) is 0 Å². The summed E-state index contributed by atoms with van der Waals surface area (Å²) in [5.74, 6) is -1.17. The predicted octanol–water partition coefficient (Wildman–Crippen LogP) is 3.22. The Kier molecular flexibility index (Phi) is 3.48. The summed E-state index contributed by atoms with van der Waals surface area (Å²) >= 11 is 0. The summed E-state index contributed by atoms with van der Waals surface area (Å²) in [5.41, 5.74) is 1.56. The first-order valence-corrected chi connectivity index (χ1v) is 6.54. The maximum absolute atomic E-state index is 13.2. The number of amides is 1. The van der Waals surface area contributed by atoms with Crippen LogP contribution in [-0.4, -0.2) is 23.2 Å². The summed E-state index contributed by atoms with van der Waals surface area (Å²) in [5, 5.41) is 5.50. The fraction of sp³-hybridized carbons (Fsp3) is 0.125. The van der Waals surface area contributed by atoms with Crippen LogP contribution in [0.4, 0.5) is 8.78 Å². The number of carbonyl (C=O) groups is 1. The van der Waals surface area contributed by atoms with E-state index in [0.717, 1.165) is 0 Å². The minimum atomic E-state index is -0.464. The Hall–Kier alpha value is -2.56. The molecule has 0 unspecified atom stereocenters. The van der Waals surface area contributed by atoms with Crippen molar-refractivity contribution in [2.75, 3.05) is 6.54 Å². The lowest BCUT2D eigenvalue weighted by Gasteiger charge is -2.11. The van der Waals surface area contributed by atoms with E-state index in [1.165, 1.54) is 35.3 Å². The van der Waals surface area contributed by atoms with E-state index < -0.39 is 5.82 Å².